The Bertz CT molecular complexity index is 634. The van der Waals surface area contributed by atoms with E-state index in [1.807, 2.05) is 6.07 Å². The molecular formula is C20H27NO5. The Hall–Kier alpha value is -2.52. The molecule has 0 aliphatic heterocycles. The zero-order valence-electron chi connectivity index (χ0n) is 15.2. The molecule has 0 fully saturated rings. The lowest BCUT2D eigenvalue weighted by molar-refractivity contribution is -0.131. The first kappa shape index (κ1) is 21.5. The van der Waals surface area contributed by atoms with E-state index in [0.29, 0.717) is 42.9 Å². The number of nitrogens with zero attached hydrogens (tertiary/aromatic N) is 1. The van der Waals surface area contributed by atoms with Gasteiger partial charge in [-0.1, -0.05) is 12.5 Å². The number of unbranched alkanes of at least 4 members (excludes halogenated alkanes) is 4. The number of benzene rings is 1. The average Bonchev–Trinajstić information content (AvgIpc) is 2.63. The number of aliphatic hydroxyl groups is 1. The lowest BCUT2D eigenvalue weighted by atomic mass is 9.99. The van der Waals surface area contributed by atoms with Crippen molar-refractivity contribution in [3.63, 3.8) is 0 Å². The normalized spacial score (nSPS) is 11.0. The standard InChI is InChI=1S/C20H27NO5/c1-25-19-14-17(16(15-20(23)24)8-4-5-11-21)9-10-18(19)26-13-7-3-2-6-12-22/h9-10,14-15,22H,2-8,12-13H2,1H3,(H,23,24)/b16-15+. The van der Waals surface area contributed by atoms with Crippen molar-refractivity contribution in [2.75, 3.05) is 20.3 Å². The van der Waals surface area contributed by atoms with Crippen molar-refractivity contribution in [1.82, 2.24) is 0 Å². The number of aliphatic hydroxyl groups excluding tert-OH is 1. The lowest BCUT2D eigenvalue weighted by Crippen LogP contribution is -2.01. The number of hydrogen-bond donors (Lipinski definition) is 2. The van der Waals surface area contributed by atoms with Crippen LogP contribution in [0.5, 0.6) is 11.5 Å². The van der Waals surface area contributed by atoms with Crippen molar-refractivity contribution in [1.29, 1.82) is 5.26 Å². The second-order valence-corrected chi connectivity index (χ2v) is 5.87. The summed E-state index contributed by atoms with van der Waals surface area (Å²) in [6, 6.07) is 7.42. The van der Waals surface area contributed by atoms with Crippen LogP contribution in [0.1, 0.15) is 50.5 Å². The van der Waals surface area contributed by atoms with Gasteiger partial charge in [-0.05, 0) is 55.4 Å². The van der Waals surface area contributed by atoms with Crippen molar-refractivity contribution in [2.45, 2.75) is 44.9 Å². The molecule has 26 heavy (non-hydrogen) atoms. The molecule has 0 aromatic heterocycles. The van der Waals surface area contributed by atoms with Gasteiger partial charge >= 0.3 is 5.97 Å². The Labute approximate surface area is 154 Å². The van der Waals surface area contributed by atoms with E-state index in [1.54, 1.807) is 19.2 Å². The molecule has 0 heterocycles. The van der Waals surface area contributed by atoms with E-state index in [0.717, 1.165) is 31.2 Å². The second-order valence-electron chi connectivity index (χ2n) is 5.87. The summed E-state index contributed by atoms with van der Waals surface area (Å²) in [5.74, 6) is 0.152. The Morgan fingerprint density at radius 3 is 2.62 bits per heavy atom. The highest BCUT2D eigenvalue weighted by Crippen LogP contribution is 2.32. The summed E-state index contributed by atoms with van der Waals surface area (Å²) in [6.45, 7) is 0.776. The molecular weight excluding hydrogens is 334 g/mol. The number of ether oxygens (including phenoxy) is 2. The fraction of sp³-hybridized carbons (Fsp3) is 0.500. The molecule has 6 heteroatoms. The summed E-state index contributed by atoms with van der Waals surface area (Å²) in [5.41, 5.74) is 1.40. The molecule has 0 bridgehead atoms. The molecule has 6 nitrogen and oxygen atoms in total. The predicted octanol–water partition coefficient (Wildman–Crippen LogP) is 3.79. The van der Waals surface area contributed by atoms with Crippen LogP contribution in [-0.4, -0.2) is 36.5 Å². The van der Waals surface area contributed by atoms with Crippen molar-refractivity contribution in [3.8, 4) is 17.6 Å². The Morgan fingerprint density at radius 2 is 1.96 bits per heavy atom. The Balaban J connectivity index is 2.78. The number of carbonyl (C=O) groups is 1. The monoisotopic (exact) mass is 361 g/mol. The largest absolute Gasteiger partial charge is 0.493 e. The number of allylic oxidation sites excluding steroid dienone is 1. The molecule has 0 saturated carbocycles. The van der Waals surface area contributed by atoms with Gasteiger partial charge in [0.05, 0.1) is 19.8 Å². The number of aliphatic carboxylic acids is 1. The quantitative estimate of drug-likeness (QED) is 0.409. The summed E-state index contributed by atoms with van der Waals surface area (Å²) in [7, 11) is 1.55. The summed E-state index contributed by atoms with van der Waals surface area (Å²) in [4.78, 5) is 11.1. The molecule has 0 aliphatic carbocycles. The van der Waals surface area contributed by atoms with Gasteiger partial charge in [-0.15, -0.1) is 0 Å². The number of nitriles is 1. The van der Waals surface area contributed by atoms with Gasteiger partial charge in [-0.25, -0.2) is 4.79 Å². The van der Waals surface area contributed by atoms with Gasteiger partial charge < -0.3 is 19.7 Å². The smallest absolute Gasteiger partial charge is 0.328 e. The molecule has 0 atom stereocenters. The van der Waals surface area contributed by atoms with Crippen LogP contribution >= 0.6 is 0 Å². The average molecular weight is 361 g/mol. The molecule has 1 aromatic carbocycles. The summed E-state index contributed by atoms with van der Waals surface area (Å²) in [6.07, 6.45) is 6.33. The molecule has 1 rings (SSSR count). The van der Waals surface area contributed by atoms with E-state index in [2.05, 4.69) is 6.07 Å². The molecule has 0 unspecified atom stereocenters. The Kier molecular flexibility index (Phi) is 10.6. The first-order chi connectivity index (χ1) is 12.6. The minimum atomic E-state index is -1.01. The summed E-state index contributed by atoms with van der Waals surface area (Å²) < 4.78 is 11.1. The minimum Gasteiger partial charge on any atom is -0.493 e. The molecule has 0 spiro atoms. The summed E-state index contributed by atoms with van der Waals surface area (Å²) >= 11 is 0. The maximum Gasteiger partial charge on any atom is 0.328 e. The third kappa shape index (κ3) is 8.04. The topological polar surface area (TPSA) is 99.8 Å². The molecule has 0 amide bonds. The number of hydrogen-bond acceptors (Lipinski definition) is 5. The predicted molar refractivity (Wildman–Crippen MR) is 99.1 cm³/mol. The number of rotatable bonds is 13. The van der Waals surface area contributed by atoms with Crippen LogP contribution in [0.25, 0.3) is 5.57 Å². The van der Waals surface area contributed by atoms with Crippen LogP contribution in [0.15, 0.2) is 24.3 Å². The highest BCUT2D eigenvalue weighted by Gasteiger charge is 2.10. The highest BCUT2D eigenvalue weighted by atomic mass is 16.5. The second kappa shape index (κ2) is 12.8. The minimum absolute atomic E-state index is 0.219. The molecule has 1 aromatic rings. The van der Waals surface area contributed by atoms with Gasteiger partial charge in [0.25, 0.3) is 0 Å². The van der Waals surface area contributed by atoms with Gasteiger partial charge in [0, 0.05) is 19.1 Å². The van der Waals surface area contributed by atoms with Crippen LogP contribution < -0.4 is 9.47 Å². The number of carboxylic acid groups (broad SMARTS) is 1. The molecule has 142 valence electrons. The van der Waals surface area contributed by atoms with Gasteiger partial charge in [-0.2, -0.15) is 5.26 Å². The van der Waals surface area contributed by atoms with Crippen molar-refractivity contribution >= 4 is 11.5 Å². The molecule has 2 N–H and O–H groups in total. The molecule has 0 aliphatic rings. The lowest BCUT2D eigenvalue weighted by Gasteiger charge is -2.13. The third-order valence-electron chi connectivity index (χ3n) is 3.88. The molecule has 0 radical (unpaired) electrons. The first-order valence-electron chi connectivity index (χ1n) is 8.85. The van der Waals surface area contributed by atoms with Gasteiger partial charge in [0.2, 0.25) is 0 Å². The van der Waals surface area contributed by atoms with E-state index in [1.165, 1.54) is 6.08 Å². The maximum atomic E-state index is 11.1. The van der Waals surface area contributed by atoms with Crippen molar-refractivity contribution in [2.24, 2.45) is 0 Å². The van der Waals surface area contributed by atoms with Crippen LogP contribution in [0.2, 0.25) is 0 Å². The van der Waals surface area contributed by atoms with E-state index in [4.69, 9.17) is 24.9 Å². The van der Waals surface area contributed by atoms with Gasteiger partial charge in [0.1, 0.15) is 0 Å². The number of methoxy groups -OCH3 is 1. The highest BCUT2D eigenvalue weighted by molar-refractivity contribution is 5.90. The van der Waals surface area contributed by atoms with E-state index in [-0.39, 0.29) is 6.61 Å². The van der Waals surface area contributed by atoms with Crippen LogP contribution in [-0.2, 0) is 4.79 Å². The summed E-state index contributed by atoms with van der Waals surface area (Å²) in [5, 5.41) is 26.5. The fourth-order valence-corrected chi connectivity index (χ4v) is 2.54. The fourth-order valence-electron chi connectivity index (χ4n) is 2.54. The van der Waals surface area contributed by atoms with Crippen molar-refractivity contribution in [3.05, 3.63) is 29.8 Å². The van der Waals surface area contributed by atoms with Gasteiger partial charge in [0.15, 0.2) is 11.5 Å². The first-order valence-corrected chi connectivity index (χ1v) is 8.85. The van der Waals surface area contributed by atoms with E-state index in [9.17, 15) is 4.79 Å². The third-order valence-corrected chi connectivity index (χ3v) is 3.88. The zero-order valence-corrected chi connectivity index (χ0v) is 15.2. The van der Waals surface area contributed by atoms with Crippen LogP contribution in [0, 0.1) is 11.3 Å². The SMILES string of the molecule is COc1cc(/C(=C/C(=O)O)CCCC#N)ccc1OCCCCCCO. The van der Waals surface area contributed by atoms with Gasteiger partial charge in [-0.3, -0.25) is 0 Å². The Morgan fingerprint density at radius 1 is 1.19 bits per heavy atom. The molecule has 0 saturated heterocycles. The zero-order chi connectivity index (χ0) is 19.2. The van der Waals surface area contributed by atoms with Crippen LogP contribution in [0.4, 0.5) is 0 Å². The van der Waals surface area contributed by atoms with E-state index < -0.39 is 5.97 Å². The number of carboxylic acids is 1. The maximum absolute atomic E-state index is 11.1. The van der Waals surface area contributed by atoms with E-state index >= 15 is 0 Å². The van der Waals surface area contributed by atoms with Crippen LogP contribution in [0.3, 0.4) is 0 Å². The van der Waals surface area contributed by atoms with Crippen molar-refractivity contribution < 1.29 is 24.5 Å².